The Morgan fingerprint density at radius 2 is 1.79 bits per heavy atom. The second-order valence-corrected chi connectivity index (χ2v) is 4.58. The zero-order chi connectivity index (χ0) is 13.1. The van der Waals surface area contributed by atoms with E-state index in [-0.39, 0.29) is 0 Å². The molecule has 0 bridgehead atoms. The van der Waals surface area contributed by atoms with Gasteiger partial charge in [0.15, 0.2) is 0 Å². The van der Waals surface area contributed by atoms with E-state index in [0.717, 1.165) is 31.9 Å². The zero-order valence-electron chi connectivity index (χ0n) is 11.1. The van der Waals surface area contributed by atoms with E-state index in [2.05, 4.69) is 31.7 Å². The quantitative estimate of drug-likeness (QED) is 0.832. The normalized spacial score (nSPS) is 15.6. The number of imidazole rings is 1. The minimum atomic E-state index is 0.904. The lowest BCUT2D eigenvalue weighted by molar-refractivity contribution is 0.414. The molecular formula is C14H18N4O. The molecule has 1 fully saturated rings. The summed E-state index contributed by atoms with van der Waals surface area (Å²) in [4.78, 5) is 6.48. The molecule has 1 aromatic carbocycles. The van der Waals surface area contributed by atoms with Crippen LogP contribution in [0.3, 0.4) is 0 Å². The summed E-state index contributed by atoms with van der Waals surface area (Å²) in [5.41, 5.74) is 1.26. The third-order valence-corrected chi connectivity index (χ3v) is 3.51. The van der Waals surface area contributed by atoms with E-state index in [0.29, 0.717) is 0 Å². The minimum absolute atomic E-state index is 0.904. The Morgan fingerprint density at radius 3 is 2.37 bits per heavy atom. The van der Waals surface area contributed by atoms with Crippen molar-refractivity contribution in [2.75, 3.05) is 43.2 Å². The first-order valence-corrected chi connectivity index (χ1v) is 6.49. The van der Waals surface area contributed by atoms with Gasteiger partial charge in [-0.2, -0.15) is 0 Å². The van der Waals surface area contributed by atoms with Crippen LogP contribution in [0.1, 0.15) is 0 Å². The largest absolute Gasteiger partial charge is 0.497 e. The van der Waals surface area contributed by atoms with Gasteiger partial charge in [0.2, 0.25) is 0 Å². The molecule has 1 saturated heterocycles. The molecule has 5 heteroatoms. The lowest BCUT2D eigenvalue weighted by Crippen LogP contribution is -2.50. The predicted octanol–water partition coefficient (Wildman–Crippen LogP) is 1.35. The number of piperazine rings is 1. The molecule has 1 aromatic heterocycles. The predicted molar refractivity (Wildman–Crippen MR) is 75.4 cm³/mol. The van der Waals surface area contributed by atoms with Crippen molar-refractivity contribution in [1.29, 1.82) is 0 Å². The number of hydrogen-bond acceptors (Lipinski definition) is 4. The van der Waals surface area contributed by atoms with Gasteiger partial charge in [-0.05, 0) is 24.3 Å². The van der Waals surface area contributed by atoms with Crippen molar-refractivity contribution < 1.29 is 4.74 Å². The van der Waals surface area contributed by atoms with E-state index >= 15 is 0 Å². The van der Waals surface area contributed by atoms with Gasteiger partial charge < -0.3 is 14.6 Å². The van der Waals surface area contributed by atoms with E-state index in [9.17, 15) is 0 Å². The van der Waals surface area contributed by atoms with Crippen LogP contribution in [0, 0.1) is 0 Å². The summed E-state index contributed by atoms with van der Waals surface area (Å²) in [6.07, 6.45) is 5.65. The number of aromatic nitrogens is 2. The molecule has 0 atom stereocenters. The molecule has 100 valence electrons. The molecule has 0 spiro atoms. The molecule has 5 nitrogen and oxygen atoms in total. The van der Waals surface area contributed by atoms with Crippen LogP contribution < -0.4 is 14.6 Å². The molecule has 0 saturated carbocycles. The van der Waals surface area contributed by atoms with Crippen molar-refractivity contribution in [3.8, 4) is 5.75 Å². The van der Waals surface area contributed by atoms with Crippen molar-refractivity contribution in [2.45, 2.75) is 0 Å². The Bertz CT molecular complexity index is 501. The Kier molecular flexibility index (Phi) is 3.27. The summed E-state index contributed by atoms with van der Waals surface area (Å²) in [6.45, 7) is 4.04. The number of anilines is 1. The van der Waals surface area contributed by atoms with Crippen LogP contribution in [0.15, 0.2) is 43.0 Å². The lowest BCUT2D eigenvalue weighted by atomic mass is 10.2. The molecule has 1 aliphatic heterocycles. The third kappa shape index (κ3) is 2.50. The lowest BCUT2D eigenvalue weighted by Gasteiger charge is -2.37. The van der Waals surface area contributed by atoms with Crippen molar-refractivity contribution in [2.24, 2.45) is 0 Å². The average molecular weight is 258 g/mol. The number of nitrogens with zero attached hydrogens (tertiary/aromatic N) is 4. The van der Waals surface area contributed by atoms with Gasteiger partial charge in [0.25, 0.3) is 0 Å². The maximum Gasteiger partial charge on any atom is 0.119 e. The minimum Gasteiger partial charge on any atom is -0.497 e. The van der Waals surface area contributed by atoms with Crippen molar-refractivity contribution in [1.82, 2.24) is 9.66 Å². The van der Waals surface area contributed by atoms with E-state index in [1.54, 1.807) is 7.11 Å². The second kappa shape index (κ2) is 5.22. The van der Waals surface area contributed by atoms with Crippen LogP contribution in [-0.4, -0.2) is 42.9 Å². The number of rotatable bonds is 3. The monoisotopic (exact) mass is 258 g/mol. The highest BCUT2D eigenvalue weighted by Crippen LogP contribution is 2.20. The Hall–Kier alpha value is -2.17. The van der Waals surface area contributed by atoms with Gasteiger partial charge in [-0.15, -0.1) is 0 Å². The van der Waals surface area contributed by atoms with Crippen LogP contribution in [-0.2, 0) is 0 Å². The third-order valence-electron chi connectivity index (χ3n) is 3.51. The van der Waals surface area contributed by atoms with Crippen molar-refractivity contribution >= 4 is 5.69 Å². The Labute approximate surface area is 113 Å². The number of ether oxygens (including phenoxy) is 1. The molecule has 3 rings (SSSR count). The number of hydrogen-bond donors (Lipinski definition) is 0. The average Bonchev–Trinajstić information content (AvgIpc) is 3.02. The molecule has 0 amide bonds. The molecule has 2 heterocycles. The summed E-state index contributed by atoms with van der Waals surface area (Å²) in [6, 6.07) is 8.26. The first-order chi connectivity index (χ1) is 9.36. The fraction of sp³-hybridized carbons (Fsp3) is 0.357. The summed E-state index contributed by atoms with van der Waals surface area (Å²) >= 11 is 0. The van der Waals surface area contributed by atoms with Crippen LogP contribution in [0.2, 0.25) is 0 Å². The van der Waals surface area contributed by atoms with Gasteiger partial charge >= 0.3 is 0 Å². The molecule has 0 radical (unpaired) electrons. The Balaban J connectivity index is 1.63. The fourth-order valence-electron chi connectivity index (χ4n) is 2.40. The maximum absolute atomic E-state index is 5.19. The van der Waals surface area contributed by atoms with Gasteiger partial charge in [0, 0.05) is 31.2 Å². The van der Waals surface area contributed by atoms with E-state index in [1.165, 1.54) is 5.69 Å². The van der Waals surface area contributed by atoms with E-state index in [4.69, 9.17) is 4.74 Å². The molecule has 0 unspecified atom stereocenters. The molecule has 0 N–H and O–H groups in total. The van der Waals surface area contributed by atoms with Crippen molar-refractivity contribution in [3.63, 3.8) is 0 Å². The van der Waals surface area contributed by atoms with E-state index < -0.39 is 0 Å². The van der Waals surface area contributed by atoms with Gasteiger partial charge in [-0.3, -0.25) is 4.68 Å². The molecule has 2 aromatic rings. The van der Waals surface area contributed by atoms with Crippen LogP contribution in [0.4, 0.5) is 5.69 Å². The zero-order valence-corrected chi connectivity index (χ0v) is 11.1. The van der Waals surface area contributed by atoms with Crippen LogP contribution in [0.5, 0.6) is 5.75 Å². The summed E-state index contributed by atoms with van der Waals surface area (Å²) in [7, 11) is 1.69. The maximum atomic E-state index is 5.19. The first kappa shape index (κ1) is 11.9. The van der Waals surface area contributed by atoms with Gasteiger partial charge in [0.1, 0.15) is 12.1 Å². The highest BCUT2D eigenvalue weighted by Gasteiger charge is 2.17. The topological polar surface area (TPSA) is 33.5 Å². The molecule has 0 aliphatic carbocycles. The molecule has 1 aliphatic rings. The summed E-state index contributed by atoms with van der Waals surface area (Å²) < 4.78 is 7.25. The number of methoxy groups -OCH3 is 1. The van der Waals surface area contributed by atoms with Gasteiger partial charge in [-0.1, -0.05) is 0 Å². The van der Waals surface area contributed by atoms with Crippen LogP contribution in [0.25, 0.3) is 0 Å². The summed E-state index contributed by atoms with van der Waals surface area (Å²) in [5, 5.41) is 2.30. The second-order valence-electron chi connectivity index (χ2n) is 4.58. The highest BCUT2D eigenvalue weighted by molar-refractivity contribution is 5.49. The standard InChI is InChI=1S/C14H18N4O/c1-19-14-4-2-13(3-5-14)16-8-10-17(11-9-16)18-7-6-15-12-18/h2-7,12H,8-11H2,1H3. The number of benzene rings is 1. The van der Waals surface area contributed by atoms with E-state index in [1.807, 2.05) is 30.9 Å². The van der Waals surface area contributed by atoms with Gasteiger partial charge in [0.05, 0.1) is 20.2 Å². The van der Waals surface area contributed by atoms with Crippen molar-refractivity contribution in [3.05, 3.63) is 43.0 Å². The van der Waals surface area contributed by atoms with Crippen LogP contribution >= 0.6 is 0 Å². The molecular weight excluding hydrogens is 240 g/mol. The summed E-state index contributed by atoms with van der Waals surface area (Å²) in [5.74, 6) is 0.904. The Morgan fingerprint density at radius 1 is 1.05 bits per heavy atom. The first-order valence-electron chi connectivity index (χ1n) is 6.49. The SMILES string of the molecule is COc1ccc(N2CCN(n3ccnc3)CC2)cc1. The van der Waals surface area contributed by atoms with Gasteiger partial charge in [-0.25, -0.2) is 4.98 Å². The fourth-order valence-corrected chi connectivity index (χ4v) is 2.40. The molecule has 19 heavy (non-hydrogen) atoms. The smallest absolute Gasteiger partial charge is 0.119 e. The highest BCUT2D eigenvalue weighted by atomic mass is 16.5.